The Hall–Kier alpha value is -0.610. The fraction of sp³-hybridized carbons (Fsp3) is 0.900. The second-order valence-corrected chi connectivity index (χ2v) is 3.73. The Morgan fingerprint density at radius 1 is 1.71 bits per heavy atom. The number of carbonyl (C=O) groups excluding carboxylic acids is 1. The van der Waals surface area contributed by atoms with Crippen molar-refractivity contribution in [3.63, 3.8) is 0 Å². The lowest BCUT2D eigenvalue weighted by Crippen LogP contribution is -2.51. The highest BCUT2D eigenvalue weighted by Crippen LogP contribution is 2.14. The first-order valence-electron chi connectivity index (χ1n) is 5.32. The van der Waals surface area contributed by atoms with E-state index < -0.39 is 0 Å². The lowest BCUT2D eigenvalue weighted by Gasteiger charge is -2.36. The predicted octanol–water partition coefficient (Wildman–Crippen LogP) is 0.361. The van der Waals surface area contributed by atoms with Crippen molar-refractivity contribution >= 4 is 5.91 Å². The topological polar surface area (TPSA) is 55.6 Å². The van der Waals surface area contributed by atoms with Crippen molar-refractivity contribution in [1.29, 1.82) is 0 Å². The summed E-state index contributed by atoms with van der Waals surface area (Å²) >= 11 is 0. The van der Waals surface area contributed by atoms with Gasteiger partial charge in [-0.2, -0.15) is 0 Å². The van der Waals surface area contributed by atoms with E-state index in [4.69, 9.17) is 10.5 Å². The standard InChI is InChI=1S/C10H20N2O2/c1-3-8(2)12-6-7-14-9(4-5-11)10(12)13/h8-9H,3-7,11H2,1-2H3. The number of rotatable bonds is 4. The van der Waals surface area contributed by atoms with E-state index in [0.717, 1.165) is 13.0 Å². The molecule has 1 aliphatic heterocycles. The van der Waals surface area contributed by atoms with Crippen molar-refractivity contribution in [3.8, 4) is 0 Å². The second kappa shape index (κ2) is 5.32. The quantitative estimate of drug-likeness (QED) is 0.713. The van der Waals surface area contributed by atoms with Crippen LogP contribution in [0.4, 0.5) is 0 Å². The van der Waals surface area contributed by atoms with Crippen LogP contribution in [0.25, 0.3) is 0 Å². The maximum Gasteiger partial charge on any atom is 0.252 e. The smallest absolute Gasteiger partial charge is 0.252 e. The Morgan fingerprint density at radius 2 is 2.43 bits per heavy atom. The Bertz CT molecular complexity index is 195. The first-order valence-corrected chi connectivity index (χ1v) is 5.32. The largest absolute Gasteiger partial charge is 0.366 e. The second-order valence-electron chi connectivity index (χ2n) is 3.73. The average Bonchev–Trinajstić information content (AvgIpc) is 2.20. The van der Waals surface area contributed by atoms with Crippen LogP contribution < -0.4 is 5.73 Å². The van der Waals surface area contributed by atoms with E-state index in [1.807, 2.05) is 4.90 Å². The van der Waals surface area contributed by atoms with Crippen molar-refractivity contribution in [2.45, 2.75) is 38.8 Å². The van der Waals surface area contributed by atoms with Gasteiger partial charge >= 0.3 is 0 Å². The molecule has 2 N–H and O–H groups in total. The van der Waals surface area contributed by atoms with Crippen LogP contribution in [0.15, 0.2) is 0 Å². The molecular weight excluding hydrogens is 180 g/mol. The minimum absolute atomic E-state index is 0.107. The zero-order valence-electron chi connectivity index (χ0n) is 9.03. The summed E-state index contributed by atoms with van der Waals surface area (Å²) in [6, 6.07) is 0.312. The molecule has 0 saturated carbocycles. The lowest BCUT2D eigenvalue weighted by atomic mass is 10.1. The van der Waals surface area contributed by atoms with Crippen molar-refractivity contribution in [2.75, 3.05) is 19.7 Å². The molecule has 0 aliphatic carbocycles. The van der Waals surface area contributed by atoms with Gasteiger partial charge in [-0.25, -0.2) is 0 Å². The van der Waals surface area contributed by atoms with E-state index >= 15 is 0 Å². The summed E-state index contributed by atoms with van der Waals surface area (Å²) < 4.78 is 5.38. The van der Waals surface area contributed by atoms with E-state index in [1.54, 1.807) is 0 Å². The van der Waals surface area contributed by atoms with Crippen molar-refractivity contribution in [1.82, 2.24) is 4.90 Å². The molecular formula is C10H20N2O2. The van der Waals surface area contributed by atoms with Crippen LogP contribution in [0.1, 0.15) is 26.7 Å². The van der Waals surface area contributed by atoms with Gasteiger partial charge in [0.25, 0.3) is 5.91 Å². The fourth-order valence-electron chi connectivity index (χ4n) is 1.68. The van der Waals surface area contributed by atoms with Gasteiger partial charge in [0, 0.05) is 12.6 Å². The molecule has 2 unspecified atom stereocenters. The normalized spacial score (nSPS) is 25.2. The van der Waals surface area contributed by atoms with Gasteiger partial charge in [0.15, 0.2) is 0 Å². The molecule has 1 fully saturated rings. The zero-order chi connectivity index (χ0) is 10.6. The highest BCUT2D eigenvalue weighted by molar-refractivity contribution is 5.81. The van der Waals surface area contributed by atoms with Gasteiger partial charge in [0.05, 0.1) is 6.61 Å². The van der Waals surface area contributed by atoms with Crippen LogP contribution in [0.2, 0.25) is 0 Å². The van der Waals surface area contributed by atoms with Crippen molar-refractivity contribution in [2.24, 2.45) is 5.73 Å². The lowest BCUT2D eigenvalue weighted by molar-refractivity contribution is -0.156. The molecule has 1 heterocycles. The van der Waals surface area contributed by atoms with Crippen LogP contribution in [-0.4, -0.2) is 42.6 Å². The molecule has 82 valence electrons. The minimum atomic E-state index is -0.303. The maximum atomic E-state index is 11.9. The molecule has 0 radical (unpaired) electrons. The number of hydrogen-bond acceptors (Lipinski definition) is 3. The number of morpholine rings is 1. The molecule has 0 aromatic carbocycles. The van der Waals surface area contributed by atoms with Crippen molar-refractivity contribution in [3.05, 3.63) is 0 Å². The van der Waals surface area contributed by atoms with Gasteiger partial charge in [-0.1, -0.05) is 6.92 Å². The van der Waals surface area contributed by atoms with Gasteiger partial charge in [0.1, 0.15) is 6.10 Å². The molecule has 1 saturated heterocycles. The van der Waals surface area contributed by atoms with E-state index in [9.17, 15) is 4.79 Å². The average molecular weight is 200 g/mol. The van der Waals surface area contributed by atoms with Gasteiger partial charge in [0.2, 0.25) is 0 Å². The molecule has 4 heteroatoms. The zero-order valence-corrected chi connectivity index (χ0v) is 9.03. The molecule has 0 aromatic rings. The number of hydrogen-bond donors (Lipinski definition) is 1. The summed E-state index contributed by atoms with van der Waals surface area (Å²) in [7, 11) is 0. The Morgan fingerprint density at radius 3 is 3.00 bits per heavy atom. The molecule has 0 aromatic heterocycles. The van der Waals surface area contributed by atoms with E-state index in [0.29, 0.717) is 25.6 Å². The third-order valence-corrected chi connectivity index (χ3v) is 2.76. The molecule has 0 spiro atoms. The van der Waals surface area contributed by atoms with Gasteiger partial charge in [-0.05, 0) is 26.3 Å². The first-order chi connectivity index (χ1) is 6.70. The number of nitrogens with zero attached hydrogens (tertiary/aromatic N) is 1. The molecule has 1 amide bonds. The molecule has 1 aliphatic rings. The van der Waals surface area contributed by atoms with Gasteiger partial charge < -0.3 is 15.4 Å². The minimum Gasteiger partial charge on any atom is -0.366 e. The number of nitrogens with two attached hydrogens (primary N) is 1. The van der Waals surface area contributed by atoms with Gasteiger partial charge in [-0.3, -0.25) is 4.79 Å². The predicted molar refractivity (Wildman–Crippen MR) is 54.9 cm³/mol. The van der Waals surface area contributed by atoms with E-state index in [-0.39, 0.29) is 12.0 Å². The van der Waals surface area contributed by atoms with Crippen LogP contribution >= 0.6 is 0 Å². The Balaban J connectivity index is 2.56. The fourth-order valence-corrected chi connectivity index (χ4v) is 1.68. The summed E-state index contributed by atoms with van der Waals surface area (Å²) in [5.74, 6) is 0.107. The Labute approximate surface area is 85.4 Å². The molecule has 4 nitrogen and oxygen atoms in total. The van der Waals surface area contributed by atoms with Gasteiger partial charge in [-0.15, -0.1) is 0 Å². The Kier molecular flexibility index (Phi) is 4.35. The van der Waals surface area contributed by atoms with E-state index in [2.05, 4.69) is 13.8 Å². The summed E-state index contributed by atoms with van der Waals surface area (Å²) in [6.07, 6.45) is 1.31. The first kappa shape index (κ1) is 11.5. The molecule has 14 heavy (non-hydrogen) atoms. The summed E-state index contributed by atoms with van der Waals surface area (Å²) in [6.45, 7) is 6.02. The highest BCUT2D eigenvalue weighted by Gasteiger charge is 2.30. The van der Waals surface area contributed by atoms with Crippen molar-refractivity contribution < 1.29 is 9.53 Å². The van der Waals surface area contributed by atoms with E-state index in [1.165, 1.54) is 0 Å². The number of amides is 1. The monoisotopic (exact) mass is 200 g/mol. The summed E-state index contributed by atoms with van der Waals surface area (Å²) in [5.41, 5.74) is 5.42. The molecule has 0 bridgehead atoms. The van der Waals surface area contributed by atoms with Crippen LogP contribution in [0.3, 0.4) is 0 Å². The van der Waals surface area contributed by atoms with Crippen LogP contribution in [-0.2, 0) is 9.53 Å². The maximum absolute atomic E-state index is 11.9. The van der Waals surface area contributed by atoms with Crippen LogP contribution in [0, 0.1) is 0 Å². The molecule has 2 atom stereocenters. The molecule has 1 rings (SSSR count). The highest BCUT2D eigenvalue weighted by atomic mass is 16.5. The summed E-state index contributed by atoms with van der Waals surface area (Å²) in [4.78, 5) is 13.8. The SMILES string of the molecule is CCC(C)N1CCOC(CCN)C1=O. The third-order valence-electron chi connectivity index (χ3n) is 2.76. The number of ether oxygens (including phenoxy) is 1. The van der Waals surface area contributed by atoms with Crippen LogP contribution in [0.5, 0.6) is 0 Å². The summed E-state index contributed by atoms with van der Waals surface area (Å²) in [5, 5.41) is 0. The number of carbonyl (C=O) groups is 1. The third kappa shape index (κ3) is 2.45.